The van der Waals surface area contributed by atoms with Crippen molar-refractivity contribution in [2.45, 2.75) is 31.6 Å². The van der Waals surface area contributed by atoms with Gasteiger partial charge in [0, 0.05) is 40.6 Å². The van der Waals surface area contributed by atoms with E-state index in [1.807, 2.05) is 55.5 Å². The Kier molecular flexibility index (Phi) is 7.41. The Labute approximate surface area is 228 Å². The fourth-order valence-electron chi connectivity index (χ4n) is 5.53. The molecule has 1 aliphatic carbocycles. The molecule has 3 aromatic rings. The number of dihydropyridines is 1. The maximum atomic E-state index is 13.9. The Balaban J connectivity index is 1.50. The molecule has 0 spiro atoms. The molecule has 200 valence electrons. The maximum absolute atomic E-state index is 13.9. The fourth-order valence-corrected chi connectivity index (χ4v) is 5.53. The van der Waals surface area contributed by atoms with Crippen molar-refractivity contribution in [1.29, 1.82) is 0 Å². The Morgan fingerprint density at radius 2 is 1.56 bits per heavy atom. The van der Waals surface area contributed by atoms with Crippen molar-refractivity contribution < 1.29 is 23.8 Å². The van der Waals surface area contributed by atoms with Gasteiger partial charge in [-0.1, -0.05) is 36.4 Å². The number of carbonyl (C=O) groups excluding carboxylic acids is 2. The molecule has 0 radical (unpaired) electrons. The number of nitrogens with one attached hydrogen (secondary N) is 2. The van der Waals surface area contributed by atoms with Crippen LogP contribution in [0.1, 0.15) is 42.7 Å². The minimum Gasteiger partial charge on any atom is -0.497 e. The number of methoxy groups -OCH3 is 3. The van der Waals surface area contributed by atoms with Crippen molar-refractivity contribution >= 4 is 17.4 Å². The normalized spacial score (nSPS) is 18.7. The van der Waals surface area contributed by atoms with Crippen molar-refractivity contribution in [3.8, 4) is 17.2 Å². The van der Waals surface area contributed by atoms with Gasteiger partial charge in [-0.3, -0.25) is 9.59 Å². The average Bonchev–Trinajstić information content (AvgIpc) is 2.96. The summed E-state index contributed by atoms with van der Waals surface area (Å²) in [6.07, 6.45) is 0.983. The molecule has 7 nitrogen and oxygen atoms in total. The van der Waals surface area contributed by atoms with E-state index in [9.17, 15) is 9.59 Å². The summed E-state index contributed by atoms with van der Waals surface area (Å²) in [7, 11) is 4.81. The number of hydrogen-bond donors (Lipinski definition) is 2. The lowest BCUT2D eigenvalue weighted by Crippen LogP contribution is -2.37. The third kappa shape index (κ3) is 5.12. The highest BCUT2D eigenvalue weighted by Gasteiger charge is 2.41. The Hall–Kier alpha value is -4.52. The predicted molar refractivity (Wildman–Crippen MR) is 150 cm³/mol. The summed E-state index contributed by atoms with van der Waals surface area (Å²) in [5.74, 6) is 1.27. The monoisotopic (exact) mass is 524 g/mol. The Morgan fingerprint density at radius 3 is 2.23 bits per heavy atom. The van der Waals surface area contributed by atoms with E-state index in [1.165, 1.54) is 0 Å². The molecule has 0 aromatic heterocycles. The van der Waals surface area contributed by atoms with Gasteiger partial charge in [0.15, 0.2) is 17.3 Å². The van der Waals surface area contributed by atoms with Crippen LogP contribution in [0.5, 0.6) is 17.2 Å². The second kappa shape index (κ2) is 11.1. The van der Waals surface area contributed by atoms with Crippen LogP contribution in [0.25, 0.3) is 0 Å². The maximum Gasteiger partial charge on any atom is 0.254 e. The van der Waals surface area contributed by atoms with E-state index < -0.39 is 5.92 Å². The fraction of sp³-hybridized carbons (Fsp3) is 0.250. The van der Waals surface area contributed by atoms with Crippen LogP contribution in [-0.2, 0) is 9.59 Å². The van der Waals surface area contributed by atoms with Gasteiger partial charge in [-0.05, 0) is 66.8 Å². The van der Waals surface area contributed by atoms with Crippen molar-refractivity contribution in [2.24, 2.45) is 0 Å². The number of amides is 1. The highest BCUT2D eigenvalue weighted by atomic mass is 16.5. The Bertz CT molecular complexity index is 1460. The minimum atomic E-state index is -0.473. The van der Waals surface area contributed by atoms with Gasteiger partial charge in [-0.2, -0.15) is 0 Å². The molecule has 1 aliphatic heterocycles. The molecule has 5 rings (SSSR count). The first-order valence-electron chi connectivity index (χ1n) is 12.9. The summed E-state index contributed by atoms with van der Waals surface area (Å²) in [4.78, 5) is 27.6. The van der Waals surface area contributed by atoms with E-state index in [4.69, 9.17) is 14.2 Å². The third-order valence-electron chi connectivity index (χ3n) is 7.43. The lowest BCUT2D eigenvalue weighted by atomic mass is 9.71. The molecule has 0 saturated carbocycles. The topological polar surface area (TPSA) is 85.9 Å². The summed E-state index contributed by atoms with van der Waals surface area (Å²) in [5.41, 5.74) is 5.35. The van der Waals surface area contributed by atoms with Crippen molar-refractivity contribution in [3.05, 3.63) is 106 Å². The number of rotatable bonds is 7. The van der Waals surface area contributed by atoms with Gasteiger partial charge in [0.2, 0.25) is 0 Å². The van der Waals surface area contributed by atoms with E-state index in [2.05, 4.69) is 10.6 Å². The zero-order valence-electron chi connectivity index (χ0n) is 22.5. The number of carbonyl (C=O) groups is 2. The van der Waals surface area contributed by atoms with Crippen LogP contribution in [0.15, 0.2) is 95.3 Å². The molecule has 2 atom stereocenters. The summed E-state index contributed by atoms with van der Waals surface area (Å²) < 4.78 is 16.1. The molecule has 39 heavy (non-hydrogen) atoms. The summed E-state index contributed by atoms with van der Waals surface area (Å²) in [6, 6.07) is 22.7. The van der Waals surface area contributed by atoms with Crippen LogP contribution >= 0.6 is 0 Å². The first kappa shape index (κ1) is 26.1. The molecule has 0 unspecified atom stereocenters. The molecule has 2 aliphatic rings. The van der Waals surface area contributed by atoms with Gasteiger partial charge in [-0.15, -0.1) is 0 Å². The van der Waals surface area contributed by atoms with Gasteiger partial charge in [0.1, 0.15) is 5.75 Å². The Morgan fingerprint density at radius 1 is 0.846 bits per heavy atom. The number of ketones is 1. The minimum absolute atomic E-state index is 0.0255. The van der Waals surface area contributed by atoms with Gasteiger partial charge < -0.3 is 24.8 Å². The summed E-state index contributed by atoms with van der Waals surface area (Å²) in [5, 5.41) is 6.45. The van der Waals surface area contributed by atoms with Crippen LogP contribution in [0.2, 0.25) is 0 Å². The standard InChI is InChI=1S/C32H32N2O5/c1-19-29(32(36)34-23-11-13-24(37-2)14-12-23)30(20-8-6-5-7-9-20)31-25(33-19)16-22(17-26(31)35)21-10-15-27(38-3)28(18-21)39-4/h5-15,18,22,30,33H,16-17H2,1-4H3,(H,34,36)/t22-,30+/m0/s1. The van der Waals surface area contributed by atoms with E-state index in [0.29, 0.717) is 46.9 Å². The number of hydrogen-bond acceptors (Lipinski definition) is 6. The molecule has 2 N–H and O–H groups in total. The molecule has 0 fully saturated rings. The number of ether oxygens (including phenoxy) is 3. The van der Waals surface area contributed by atoms with Gasteiger partial charge in [0.25, 0.3) is 5.91 Å². The zero-order chi connectivity index (χ0) is 27.5. The average molecular weight is 525 g/mol. The first-order valence-corrected chi connectivity index (χ1v) is 12.9. The highest BCUT2D eigenvalue weighted by Crippen LogP contribution is 2.46. The molecule has 3 aromatic carbocycles. The van der Waals surface area contributed by atoms with E-state index in [-0.39, 0.29) is 17.6 Å². The van der Waals surface area contributed by atoms with Gasteiger partial charge in [0.05, 0.1) is 21.3 Å². The van der Waals surface area contributed by atoms with Crippen molar-refractivity contribution in [2.75, 3.05) is 26.6 Å². The van der Waals surface area contributed by atoms with Crippen LogP contribution < -0.4 is 24.8 Å². The van der Waals surface area contributed by atoms with Crippen LogP contribution in [0, 0.1) is 0 Å². The lowest BCUT2D eigenvalue weighted by molar-refractivity contribution is -0.116. The van der Waals surface area contributed by atoms with Crippen LogP contribution in [0.3, 0.4) is 0 Å². The highest BCUT2D eigenvalue weighted by molar-refractivity contribution is 6.10. The number of anilines is 1. The SMILES string of the molecule is COc1ccc(NC(=O)C2=C(C)NC3=C(C(=O)C[C@@H](c4ccc(OC)c(OC)c4)C3)[C@@H]2c2ccccc2)cc1. The molecule has 1 amide bonds. The second-order valence-corrected chi connectivity index (χ2v) is 9.72. The predicted octanol–water partition coefficient (Wildman–Crippen LogP) is 5.71. The van der Waals surface area contributed by atoms with E-state index in [0.717, 1.165) is 22.5 Å². The first-order chi connectivity index (χ1) is 18.9. The summed E-state index contributed by atoms with van der Waals surface area (Å²) in [6.45, 7) is 1.90. The second-order valence-electron chi connectivity index (χ2n) is 9.72. The third-order valence-corrected chi connectivity index (χ3v) is 7.43. The smallest absolute Gasteiger partial charge is 0.254 e. The quantitative estimate of drug-likeness (QED) is 0.412. The van der Waals surface area contributed by atoms with E-state index >= 15 is 0 Å². The molecule has 0 saturated heterocycles. The summed E-state index contributed by atoms with van der Waals surface area (Å²) >= 11 is 0. The number of allylic oxidation sites excluding steroid dienone is 3. The van der Waals surface area contributed by atoms with Crippen molar-refractivity contribution in [1.82, 2.24) is 5.32 Å². The largest absolute Gasteiger partial charge is 0.497 e. The number of Topliss-reactive ketones (excluding diaryl/α,β-unsaturated/α-hetero) is 1. The van der Waals surface area contributed by atoms with Crippen molar-refractivity contribution in [3.63, 3.8) is 0 Å². The molecule has 0 bridgehead atoms. The van der Waals surface area contributed by atoms with Crippen LogP contribution in [-0.4, -0.2) is 33.0 Å². The lowest BCUT2D eigenvalue weighted by Gasteiger charge is -2.37. The molecule has 1 heterocycles. The molecular weight excluding hydrogens is 492 g/mol. The van der Waals surface area contributed by atoms with Gasteiger partial charge >= 0.3 is 0 Å². The number of benzene rings is 3. The zero-order valence-corrected chi connectivity index (χ0v) is 22.5. The molecule has 7 heteroatoms. The van der Waals surface area contributed by atoms with Gasteiger partial charge in [-0.25, -0.2) is 0 Å². The molecular formula is C32H32N2O5. The van der Waals surface area contributed by atoms with Crippen LogP contribution in [0.4, 0.5) is 5.69 Å². The van der Waals surface area contributed by atoms with E-state index in [1.54, 1.807) is 45.6 Å².